The number of nitrogens with zero attached hydrogens (tertiary/aromatic N) is 3. The second kappa shape index (κ2) is 14.2. The number of nitrogens with two attached hydrogens (primary N) is 1. The van der Waals surface area contributed by atoms with Crippen molar-refractivity contribution in [2.45, 2.75) is 39.4 Å². The van der Waals surface area contributed by atoms with Gasteiger partial charge in [-0.3, -0.25) is 0 Å². The number of aliphatic hydroxyl groups is 1. The minimum atomic E-state index is -0.0947. The van der Waals surface area contributed by atoms with Gasteiger partial charge in [0.1, 0.15) is 23.7 Å². The van der Waals surface area contributed by atoms with E-state index in [4.69, 9.17) is 49.0 Å². The number of aliphatic hydroxyl groups excluding tert-OH is 1. The van der Waals surface area contributed by atoms with E-state index in [1.807, 2.05) is 18.2 Å². The summed E-state index contributed by atoms with van der Waals surface area (Å²) in [5.74, 6) is 1.50. The molecule has 4 rings (SSSR count). The number of fused-ring (bicyclic) bond motifs is 2. The Bertz CT molecular complexity index is 959. The number of benzene rings is 2. The minimum absolute atomic E-state index is 0. The van der Waals surface area contributed by atoms with Crippen LogP contribution in [0.5, 0.6) is 11.5 Å². The summed E-state index contributed by atoms with van der Waals surface area (Å²) in [5.41, 5.74) is 15.9. The van der Waals surface area contributed by atoms with Gasteiger partial charge in [-0.15, -0.1) is 0 Å². The second-order valence-corrected chi connectivity index (χ2v) is 9.25. The van der Waals surface area contributed by atoms with Crippen LogP contribution in [0.15, 0.2) is 38.3 Å². The molecule has 7 nitrogen and oxygen atoms in total. The van der Waals surface area contributed by atoms with Crippen LogP contribution in [-0.2, 0) is 12.8 Å². The standard InChI is InChI=1S/C9H7BrClN3O.C9H9BrClNO.C2H6O.CH4/c10-6-1-5-2-7(4-13-14-12)15-9(5)8(11)3-6;10-6-1-5-2-7(4-12)13-9(5)8(11)3-6;1-2-3;/h1,3,7H,2,4H2;1,3,7H,2,4,12H2;3H,2H2,1H3;1H4. The van der Waals surface area contributed by atoms with Crippen molar-refractivity contribution >= 4 is 55.1 Å². The Morgan fingerprint density at radius 3 is 1.94 bits per heavy atom. The number of azide groups is 1. The van der Waals surface area contributed by atoms with Crippen molar-refractivity contribution in [3.05, 3.63) is 64.8 Å². The average Bonchev–Trinajstić information content (AvgIpc) is 3.31. The highest BCUT2D eigenvalue weighted by atomic mass is 79.9. The van der Waals surface area contributed by atoms with Crippen molar-refractivity contribution in [3.63, 3.8) is 0 Å². The highest BCUT2D eigenvalue weighted by molar-refractivity contribution is 9.10. The number of hydrogen-bond acceptors (Lipinski definition) is 5. The van der Waals surface area contributed by atoms with Crippen LogP contribution >= 0.6 is 55.1 Å². The first kappa shape index (κ1) is 28.8. The average molecular weight is 613 g/mol. The van der Waals surface area contributed by atoms with Crippen LogP contribution in [0.25, 0.3) is 10.4 Å². The number of halogens is 4. The van der Waals surface area contributed by atoms with E-state index in [9.17, 15) is 0 Å². The van der Waals surface area contributed by atoms with Gasteiger partial charge in [0.15, 0.2) is 0 Å². The fraction of sp³-hybridized carbons (Fsp3) is 0.429. The van der Waals surface area contributed by atoms with Gasteiger partial charge in [-0.1, -0.05) is 67.6 Å². The molecule has 0 saturated heterocycles. The number of rotatable bonds is 3. The first-order valence-electron chi connectivity index (χ1n) is 9.43. The molecule has 11 heteroatoms. The van der Waals surface area contributed by atoms with Gasteiger partial charge in [-0.25, -0.2) is 0 Å². The molecule has 2 aromatic carbocycles. The molecule has 3 N–H and O–H groups in total. The highest BCUT2D eigenvalue weighted by Gasteiger charge is 2.25. The molecule has 2 unspecified atom stereocenters. The second-order valence-electron chi connectivity index (χ2n) is 6.61. The topological polar surface area (TPSA) is 113 Å². The van der Waals surface area contributed by atoms with Crippen molar-refractivity contribution in [1.29, 1.82) is 0 Å². The van der Waals surface area contributed by atoms with Gasteiger partial charge in [0.25, 0.3) is 0 Å². The van der Waals surface area contributed by atoms with Crippen LogP contribution in [0.3, 0.4) is 0 Å². The third kappa shape index (κ3) is 7.99. The lowest BCUT2D eigenvalue weighted by atomic mass is 10.1. The molecule has 2 atom stereocenters. The van der Waals surface area contributed by atoms with Gasteiger partial charge >= 0.3 is 0 Å². The fourth-order valence-electron chi connectivity index (χ4n) is 3.06. The van der Waals surface area contributed by atoms with Crippen molar-refractivity contribution in [2.75, 3.05) is 19.7 Å². The first-order valence-corrected chi connectivity index (χ1v) is 11.8. The molecular formula is C21H26Br2Cl2N4O3. The van der Waals surface area contributed by atoms with E-state index in [2.05, 4.69) is 41.9 Å². The Balaban J connectivity index is 0.000000280. The van der Waals surface area contributed by atoms with Crippen molar-refractivity contribution < 1.29 is 14.6 Å². The predicted molar refractivity (Wildman–Crippen MR) is 137 cm³/mol. The maximum Gasteiger partial charge on any atom is 0.141 e. The monoisotopic (exact) mass is 610 g/mol. The van der Waals surface area contributed by atoms with Crippen molar-refractivity contribution in [1.82, 2.24) is 0 Å². The first-order chi connectivity index (χ1) is 14.8. The lowest BCUT2D eigenvalue weighted by Gasteiger charge is -2.06. The third-order valence-electron chi connectivity index (χ3n) is 4.25. The van der Waals surface area contributed by atoms with Gasteiger partial charge in [0.05, 0.1) is 16.6 Å². The van der Waals surface area contributed by atoms with Gasteiger partial charge in [0.2, 0.25) is 0 Å². The molecule has 0 aromatic heterocycles. The summed E-state index contributed by atoms with van der Waals surface area (Å²) in [4.78, 5) is 2.70. The normalized spacial score (nSPS) is 17.0. The Labute approximate surface area is 215 Å². The van der Waals surface area contributed by atoms with E-state index in [0.29, 0.717) is 28.9 Å². The van der Waals surface area contributed by atoms with E-state index in [-0.39, 0.29) is 26.2 Å². The highest BCUT2D eigenvalue weighted by Crippen LogP contribution is 2.39. The molecule has 176 valence electrons. The maximum atomic E-state index is 8.21. The Morgan fingerprint density at radius 2 is 1.50 bits per heavy atom. The molecule has 0 aliphatic carbocycles. The predicted octanol–water partition coefficient (Wildman–Crippen LogP) is 6.72. The summed E-state index contributed by atoms with van der Waals surface area (Å²) in [7, 11) is 0. The summed E-state index contributed by atoms with van der Waals surface area (Å²) in [5, 5.41) is 12.3. The quantitative estimate of drug-likeness (QED) is 0.228. The third-order valence-corrected chi connectivity index (χ3v) is 5.72. The molecule has 2 aliphatic rings. The van der Waals surface area contributed by atoms with Crippen LogP contribution in [-0.4, -0.2) is 37.0 Å². The molecule has 0 spiro atoms. The zero-order chi connectivity index (χ0) is 23.0. The summed E-state index contributed by atoms with van der Waals surface area (Å²) in [6, 6.07) is 7.61. The number of hydrogen-bond donors (Lipinski definition) is 2. The molecule has 0 radical (unpaired) electrons. The fourth-order valence-corrected chi connectivity index (χ4v) is 4.90. The summed E-state index contributed by atoms with van der Waals surface area (Å²) >= 11 is 18.8. The Hall–Kier alpha value is -1.19. The minimum Gasteiger partial charge on any atom is -0.488 e. The van der Waals surface area contributed by atoms with Crippen LogP contribution < -0.4 is 15.2 Å². The smallest absolute Gasteiger partial charge is 0.141 e. The molecule has 0 amide bonds. The Morgan fingerprint density at radius 1 is 1.06 bits per heavy atom. The molecule has 32 heavy (non-hydrogen) atoms. The Kier molecular flexibility index (Phi) is 12.8. The van der Waals surface area contributed by atoms with Gasteiger partial charge < -0.3 is 20.3 Å². The summed E-state index contributed by atoms with van der Waals surface area (Å²) in [6.07, 6.45) is 1.57. The maximum absolute atomic E-state index is 8.21. The van der Waals surface area contributed by atoms with Crippen LogP contribution in [0, 0.1) is 0 Å². The zero-order valence-electron chi connectivity index (χ0n) is 16.7. The molecule has 0 saturated carbocycles. The molecule has 0 fully saturated rings. The van der Waals surface area contributed by atoms with E-state index in [1.165, 1.54) is 0 Å². The van der Waals surface area contributed by atoms with Gasteiger partial charge in [-0.05, 0) is 36.7 Å². The molecule has 2 heterocycles. The van der Waals surface area contributed by atoms with Crippen LogP contribution in [0.4, 0.5) is 0 Å². The van der Waals surface area contributed by atoms with E-state index in [0.717, 1.165) is 38.7 Å². The van der Waals surface area contributed by atoms with Crippen molar-refractivity contribution in [3.8, 4) is 11.5 Å². The SMILES string of the molecule is C.CCO.NCC1Cc2cc(Br)cc(Cl)c2O1.[N-]=[N+]=NCC1Cc2cc(Br)cc(Cl)c2O1. The molecule has 2 aliphatic heterocycles. The van der Waals surface area contributed by atoms with Crippen LogP contribution in [0.2, 0.25) is 10.0 Å². The van der Waals surface area contributed by atoms with Crippen LogP contribution in [0.1, 0.15) is 25.5 Å². The molecule has 0 bridgehead atoms. The summed E-state index contributed by atoms with van der Waals surface area (Å²) in [6.45, 7) is 2.79. The van der Waals surface area contributed by atoms with Gasteiger partial charge in [-0.2, -0.15) is 0 Å². The number of ether oxygens (including phenoxy) is 2. The van der Waals surface area contributed by atoms with E-state index in [1.54, 1.807) is 13.0 Å². The molecular weight excluding hydrogens is 587 g/mol. The summed E-state index contributed by atoms with van der Waals surface area (Å²) < 4.78 is 13.1. The molecule has 2 aromatic rings. The van der Waals surface area contributed by atoms with E-state index >= 15 is 0 Å². The van der Waals surface area contributed by atoms with Gasteiger partial charge in [0, 0.05) is 51.0 Å². The zero-order valence-corrected chi connectivity index (χ0v) is 21.4. The lowest BCUT2D eigenvalue weighted by Crippen LogP contribution is -2.24. The lowest BCUT2D eigenvalue weighted by molar-refractivity contribution is 0.241. The van der Waals surface area contributed by atoms with E-state index < -0.39 is 0 Å². The van der Waals surface area contributed by atoms with Crippen molar-refractivity contribution in [2.24, 2.45) is 10.8 Å². The largest absolute Gasteiger partial charge is 0.488 e.